The van der Waals surface area contributed by atoms with Crippen LogP contribution in [-0.2, 0) is 20.7 Å². The number of carbonyl (C=O) groups excluding carboxylic acids is 3. The van der Waals surface area contributed by atoms with E-state index < -0.39 is 57.6 Å². The number of aromatic nitrogens is 1. The molecular formula is C29H28F3N3O5. The zero-order valence-electron chi connectivity index (χ0n) is 21.9. The second-order valence-electron chi connectivity index (χ2n) is 10.2. The van der Waals surface area contributed by atoms with Gasteiger partial charge in [0.05, 0.1) is 23.2 Å². The van der Waals surface area contributed by atoms with Crippen molar-refractivity contribution in [3.05, 3.63) is 93.0 Å². The van der Waals surface area contributed by atoms with Gasteiger partial charge in [0.15, 0.2) is 5.78 Å². The van der Waals surface area contributed by atoms with E-state index in [9.17, 15) is 28.0 Å². The van der Waals surface area contributed by atoms with Crippen LogP contribution in [0.5, 0.6) is 0 Å². The molecule has 3 N–H and O–H groups in total. The fourth-order valence-electron chi connectivity index (χ4n) is 4.59. The highest BCUT2D eigenvalue weighted by Gasteiger charge is 2.34. The van der Waals surface area contributed by atoms with Crippen molar-refractivity contribution < 1.29 is 32.3 Å². The van der Waals surface area contributed by atoms with Crippen molar-refractivity contribution in [2.24, 2.45) is 0 Å². The number of nitrogens with zero attached hydrogens (tertiary/aromatic N) is 1. The second-order valence-corrected chi connectivity index (χ2v) is 10.2. The number of nitrogen functional groups attached to an aromatic ring is 1. The van der Waals surface area contributed by atoms with Gasteiger partial charge >= 0.3 is 5.97 Å². The predicted octanol–water partition coefficient (Wildman–Crippen LogP) is 3.99. The Bertz CT molecular complexity index is 1540. The summed E-state index contributed by atoms with van der Waals surface area (Å²) >= 11 is 0. The number of hydrogen-bond acceptors (Lipinski definition) is 6. The zero-order valence-corrected chi connectivity index (χ0v) is 21.9. The van der Waals surface area contributed by atoms with E-state index in [0.717, 1.165) is 60.6 Å². The van der Waals surface area contributed by atoms with Crippen LogP contribution in [0.3, 0.4) is 0 Å². The number of rotatable bonds is 8. The van der Waals surface area contributed by atoms with Gasteiger partial charge < -0.3 is 15.8 Å². The smallest absolute Gasteiger partial charge is 0.331 e. The lowest BCUT2D eigenvalue weighted by Gasteiger charge is -2.26. The third kappa shape index (κ3) is 6.08. The number of ether oxygens (including phenoxy) is 1. The maximum absolute atomic E-state index is 15.2. The van der Waals surface area contributed by atoms with Crippen molar-refractivity contribution in [2.75, 3.05) is 5.73 Å². The van der Waals surface area contributed by atoms with E-state index in [1.54, 1.807) is 0 Å². The number of nitrogens with two attached hydrogens (primary N) is 1. The van der Waals surface area contributed by atoms with Crippen LogP contribution in [0.4, 0.5) is 19.0 Å². The number of halogens is 3. The Kier molecular flexibility index (Phi) is 8.13. The van der Waals surface area contributed by atoms with Crippen LogP contribution < -0.4 is 16.6 Å². The molecule has 0 saturated heterocycles. The molecule has 210 valence electrons. The number of carbonyl (C=O) groups is 3. The molecule has 0 unspecified atom stereocenters. The highest BCUT2D eigenvalue weighted by atomic mass is 19.1. The summed E-state index contributed by atoms with van der Waals surface area (Å²) in [5, 5.41) is 2.60. The molecule has 1 aliphatic carbocycles. The molecule has 0 atom stereocenters. The molecule has 8 nitrogen and oxygen atoms in total. The lowest BCUT2D eigenvalue weighted by Crippen LogP contribution is -2.51. The summed E-state index contributed by atoms with van der Waals surface area (Å²) in [4.78, 5) is 50.6. The first-order valence-electron chi connectivity index (χ1n) is 12.7. The van der Waals surface area contributed by atoms with Crippen LogP contribution >= 0.6 is 0 Å². The summed E-state index contributed by atoms with van der Waals surface area (Å²) in [6.07, 6.45) is 3.10. The molecule has 1 saturated carbocycles. The number of pyridine rings is 1. The van der Waals surface area contributed by atoms with Gasteiger partial charge in [-0.25, -0.2) is 18.0 Å². The minimum absolute atomic E-state index is 0.162. The molecular weight excluding hydrogens is 527 g/mol. The summed E-state index contributed by atoms with van der Waals surface area (Å²) in [7, 11) is 0. The maximum atomic E-state index is 15.2. The Hall–Kier alpha value is -4.41. The Labute approximate surface area is 227 Å². The normalized spacial score (nSPS) is 13.7. The van der Waals surface area contributed by atoms with E-state index in [0.29, 0.717) is 6.07 Å². The SMILES string of the molecule is CC(C)(NC(=O)Cc1ccc(-n2c(N)c(C(=O)c3ccc(F)cc3F)ccc2=O)c(F)c1)C(=O)OC1CCCC1. The molecule has 4 rings (SSSR count). The fourth-order valence-corrected chi connectivity index (χ4v) is 4.59. The first-order valence-corrected chi connectivity index (χ1v) is 12.7. The van der Waals surface area contributed by atoms with Gasteiger partial charge in [0.1, 0.15) is 34.9 Å². The van der Waals surface area contributed by atoms with Crippen molar-refractivity contribution >= 4 is 23.5 Å². The average molecular weight is 556 g/mol. The van der Waals surface area contributed by atoms with Gasteiger partial charge in [-0.05, 0) is 75.4 Å². The Morgan fingerprint density at radius 3 is 2.30 bits per heavy atom. The van der Waals surface area contributed by atoms with Crippen molar-refractivity contribution in [1.82, 2.24) is 9.88 Å². The van der Waals surface area contributed by atoms with Crippen molar-refractivity contribution in [3.8, 4) is 5.69 Å². The quantitative estimate of drug-likeness (QED) is 0.320. The highest BCUT2D eigenvalue weighted by Crippen LogP contribution is 2.24. The molecule has 0 radical (unpaired) electrons. The number of ketones is 1. The monoisotopic (exact) mass is 555 g/mol. The molecule has 0 bridgehead atoms. The topological polar surface area (TPSA) is 120 Å². The van der Waals surface area contributed by atoms with Crippen LogP contribution in [0.2, 0.25) is 0 Å². The molecule has 1 heterocycles. The van der Waals surface area contributed by atoms with Gasteiger partial charge in [-0.3, -0.25) is 19.0 Å². The first kappa shape index (κ1) is 28.6. The van der Waals surface area contributed by atoms with Crippen LogP contribution in [0.25, 0.3) is 5.69 Å². The summed E-state index contributed by atoms with van der Waals surface area (Å²) < 4.78 is 48.9. The molecule has 1 amide bonds. The summed E-state index contributed by atoms with van der Waals surface area (Å²) in [6.45, 7) is 3.04. The number of amides is 1. The highest BCUT2D eigenvalue weighted by molar-refractivity contribution is 6.11. The molecule has 1 aromatic heterocycles. The van der Waals surface area contributed by atoms with E-state index in [2.05, 4.69) is 5.32 Å². The van der Waals surface area contributed by atoms with E-state index in [1.165, 1.54) is 26.0 Å². The number of nitrogens with one attached hydrogen (secondary N) is 1. The van der Waals surface area contributed by atoms with Crippen molar-refractivity contribution in [2.45, 2.75) is 57.6 Å². The van der Waals surface area contributed by atoms with Gasteiger partial charge in [-0.2, -0.15) is 0 Å². The fraction of sp³-hybridized carbons (Fsp3) is 0.310. The van der Waals surface area contributed by atoms with Gasteiger partial charge in [0.25, 0.3) is 5.56 Å². The molecule has 11 heteroatoms. The van der Waals surface area contributed by atoms with Crippen LogP contribution in [0.15, 0.2) is 53.3 Å². The molecule has 0 aliphatic heterocycles. The van der Waals surface area contributed by atoms with Crippen LogP contribution in [0, 0.1) is 17.5 Å². The molecule has 0 spiro atoms. The lowest BCUT2D eigenvalue weighted by molar-refractivity contribution is -0.157. The van der Waals surface area contributed by atoms with Gasteiger partial charge in [0.2, 0.25) is 5.91 Å². The molecule has 2 aromatic carbocycles. The molecule has 3 aromatic rings. The standard InChI is InChI=1S/C29H28F3N3O5/c1-29(2,28(39)40-18-5-3-4-6-18)34-24(36)14-16-7-11-23(22(32)13-16)35-25(37)12-10-20(27(35)33)26(38)19-9-8-17(30)15-21(19)31/h7-13,15,18H,3-6,14,33H2,1-2H3,(H,34,36). The average Bonchev–Trinajstić information content (AvgIpc) is 3.37. The second kappa shape index (κ2) is 11.4. The Morgan fingerprint density at radius 1 is 0.975 bits per heavy atom. The summed E-state index contributed by atoms with van der Waals surface area (Å²) in [6, 6.07) is 8.05. The van der Waals surface area contributed by atoms with E-state index >= 15 is 4.39 Å². The largest absolute Gasteiger partial charge is 0.461 e. The zero-order chi connectivity index (χ0) is 29.2. The van der Waals surface area contributed by atoms with E-state index in [-0.39, 0.29) is 29.3 Å². The third-order valence-electron chi connectivity index (χ3n) is 6.71. The van der Waals surface area contributed by atoms with E-state index in [4.69, 9.17) is 10.5 Å². The lowest BCUT2D eigenvalue weighted by atomic mass is 10.0. The number of benzene rings is 2. The van der Waals surface area contributed by atoms with Crippen LogP contribution in [-0.4, -0.2) is 33.9 Å². The number of anilines is 1. The molecule has 40 heavy (non-hydrogen) atoms. The van der Waals surface area contributed by atoms with E-state index in [1.807, 2.05) is 0 Å². The number of esters is 1. The Balaban J connectivity index is 1.53. The Morgan fingerprint density at radius 2 is 1.65 bits per heavy atom. The third-order valence-corrected chi connectivity index (χ3v) is 6.71. The minimum atomic E-state index is -1.29. The van der Waals surface area contributed by atoms with Gasteiger partial charge in [-0.1, -0.05) is 6.07 Å². The van der Waals surface area contributed by atoms with Crippen LogP contribution in [0.1, 0.15) is 61.0 Å². The van der Waals surface area contributed by atoms with Gasteiger partial charge in [0, 0.05) is 12.1 Å². The summed E-state index contributed by atoms with van der Waals surface area (Å²) in [5.74, 6) is -5.40. The first-order chi connectivity index (χ1) is 18.9. The number of hydrogen-bond donors (Lipinski definition) is 2. The van der Waals surface area contributed by atoms with Gasteiger partial charge in [-0.15, -0.1) is 0 Å². The van der Waals surface area contributed by atoms with Crippen molar-refractivity contribution in [1.29, 1.82) is 0 Å². The summed E-state index contributed by atoms with van der Waals surface area (Å²) in [5.41, 5.74) is 3.16. The molecule has 1 aliphatic rings. The predicted molar refractivity (Wildman–Crippen MR) is 140 cm³/mol. The van der Waals surface area contributed by atoms with Crippen molar-refractivity contribution in [3.63, 3.8) is 0 Å². The minimum Gasteiger partial charge on any atom is -0.461 e. The maximum Gasteiger partial charge on any atom is 0.331 e. The molecule has 1 fully saturated rings.